The van der Waals surface area contributed by atoms with Gasteiger partial charge in [0, 0.05) is 25.6 Å². The van der Waals surface area contributed by atoms with Crippen LogP contribution in [0.4, 0.5) is 0 Å². The van der Waals surface area contributed by atoms with Crippen LogP contribution >= 0.6 is 0 Å². The number of ketones is 1. The first-order valence-electron chi connectivity index (χ1n) is 7.64. The Morgan fingerprint density at radius 2 is 2.23 bits per heavy atom. The van der Waals surface area contributed by atoms with Gasteiger partial charge >= 0.3 is 0 Å². The van der Waals surface area contributed by atoms with Gasteiger partial charge in [-0.1, -0.05) is 13.8 Å². The molecule has 0 bridgehead atoms. The van der Waals surface area contributed by atoms with Crippen molar-refractivity contribution >= 4 is 5.78 Å². The van der Waals surface area contributed by atoms with E-state index in [0.29, 0.717) is 6.42 Å². The molecule has 6 nitrogen and oxygen atoms in total. The number of carbonyl (C=O) groups excluding carboxylic acids is 1. The van der Waals surface area contributed by atoms with Crippen molar-refractivity contribution < 1.29 is 9.53 Å². The first kappa shape index (κ1) is 15.2. The molecule has 5 atom stereocenters. The van der Waals surface area contributed by atoms with Crippen molar-refractivity contribution in [3.63, 3.8) is 0 Å². The molecule has 1 saturated heterocycles. The van der Waals surface area contributed by atoms with Gasteiger partial charge in [-0.2, -0.15) is 10.4 Å². The Balaban J connectivity index is 2.03. The standard InChI is InChI=1S/C16H22N4O2/c1-16(2)4-11(21)14-12(5-16)22-15(18)10(6-17)13(14)9-7-19-20(3)8-9/h7-8,10,12-15H,4-5,18H2,1-3H3/t10-,12-,13+,14-,15+/m0/s1. The van der Waals surface area contributed by atoms with Crippen LogP contribution in [0.1, 0.15) is 38.2 Å². The van der Waals surface area contributed by atoms with Gasteiger partial charge in [-0.05, 0) is 17.4 Å². The van der Waals surface area contributed by atoms with E-state index >= 15 is 0 Å². The number of nitrogens with two attached hydrogens (primary N) is 1. The van der Waals surface area contributed by atoms with Crippen LogP contribution in [0.15, 0.2) is 12.4 Å². The van der Waals surface area contributed by atoms with Crippen molar-refractivity contribution in [2.75, 3.05) is 0 Å². The van der Waals surface area contributed by atoms with Crippen LogP contribution in [0.25, 0.3) is 0 Å². The summed E-state index contributed by atoms with van der Waals surface area (Å²) in [4.78, 5) is 12.7. The zero-order valence-electron chi connectivity index (χ0n) is 13.2. The van der Waals surface area contributed by atoms with E-state index in [1.54, 1.807) is 10.9 Å². The Hall–Kier alpha value is -1.71. The molecule has 2 N–H and O–H groups in total. The monoisotopic (exact) mass is 302 g/mol. The Morgan fingerprint density at radius 1 is 1.50 bits per heavy atom. The number of nitrogens with zero attached hydrogens (tertiary/aromatic N) is 3. The van der Waals surface area contributed by atoms with Crippen LogP contribution in [0.5, 0.6) is 0 Å². The molecule has 1 saturated carbocycles. The largest absolute Gasteiger partial charge is 0.358 e. The zero-order chi connectivity index (χ0) is 16.1. The molecule has 0 aromatic carbocycles. The number of Topliss-reactive ketones (excluding diaryl/α,β-unsaturated/α-hetero) is 1. The van der Waals surface area contributed by atoms with E-state index in [-0.39, 0.29) is 29.1 Å². The molecule has 118 valence electrons. The summed E-state index contributed by atoms with van der Waals surface area (Å²) in [5.74, 6) is -0.907. The van der Waals surface area contributed by atoms with Crippen molar-refractivity contribution in [1.29, 1.82) is 5.26 Å². The fourth-order valence-corrected chi connectivity index (χ4v) is 4.00. The third-order valence-corrected chi connectivity index (χ3v) is 4.90. The Morgan fingerprint density at radius 3 is 2.82 bits per heavy atom. The first-order valence-corrected chi connectivity index (χ1v) is 7.64. The molecule has 1 aliphatic heterocycles. The fourth-order valence-electron chi connectivity index (χ4n) is 4.00. The van der Waals surface area contributed by atoms with Crippen LogP contribution in [-0.4, -0.2) is 27.9 Å². The minimum Gasteiger partial charge on any atom is -0.358 e. The van der Waals surface area contributed by atoms with Gasteiger partial charge < -0.3 is 10.5 Å². The van der Waals surface area contributed by atoms with E-state index in [1.807, 2.05) is 13.2 Å². The molecule has 1 aromatic rings. The number of aromatic nitrogens is 2. The van der Waals surface area contributed by atoms with E-state index in [1.165, 1.54) is 0 Å². The number of fused-ring (bicyclic) bond motifs is 1. The lowest BCUT2D eigenvalue weighted by Gasteiger charge is -2.48. The van der Waals surface area contributed by atoms with Crippen molar-refractivity contribution in [2.45, 2.75) is 44.9 Å². The number of hydrogen-bond donors (Lipinski definition) is 1. The second-order valence-electron chi connectivity index (χ2n) is 7.30. The average Bonchev–Trinajstić information content (AvgIpc) is 2.82. The number of ether oxygens (including phenoxy) is 1. The summed E-state index contributed by atoms with van der Waals surface area (Å²) in [6.07, 6.45) is 4.02. The Kier molecular flexibility index (Phi) is 3.58. The highest BCUT2D eigenvalue weighted by Crippen LogP contribution is 2.49. The molecular formula is C16H22N4O2. The van der Waals surface area contributed by atoms with Crippen molar-refractivity contribution in [2.24, 2.45) is 30.0 Å². The van der Waals surface area contributed by atoms with Crippen molar-refractivity contribution in [3.8, 4) is 6.07 Å². The fraction of sp³-hybridized carbons (Fsp3) is 0.688. The molecule has 1 aromatic heterocycles. The molecule has 0 spiro atoms. The Bertz CT molecular complexity index is 630. The number of nitriles is 1. The molecule has 2 heterocycles. The summed E-state index contributed by atoms with van der Waals surface area (Å²) in [5.41, 5.74) is 6.89. The van der Waals surface area contributed by atoms with Crippen molar-refractivity contribution in [1.82, 2.24) is 9.78 Å². The van der Waals surface area contributed by atoms with Gasteiger partial charge in [-0.25, -0.2) is 0 Å². The zero-order valence-corrected chi connectivity index (χ0v) is 13.2. The predicted molar refractivity (Wildman–Crippen MR) is 79.4 cm³/mol. The third-order valence-electron chi connectivity index (χ3n) is 4.90. The highest BCUT2D eigenvalue weighted by Gasteiger charge is 2.53. The van der Waals surface area contributed by atoms with Crippen LogP contribution in [-0.2, 0) is 16.6 Å². The number of rotatable bonds is 1. The maximum absolute atomic E-state index is 12.7. The van der Waals surface area contributed by atoms with Gasteiger partial charge in [-0.3, -0.25) is 9.48 Å². The highest BCUT2D eigenvalue weighted by molar-refractivity contribution is 5.84. The predicted octanol–water partition coefficient (Wildman–Crippen LogP) is 1.33. The minimum absolute atomic E-state index is 0.0864. The molecule has 1 aliphatic carbocycles. The maximum atomic E-state index is 12.7. The van der Waals surface area contributed by atoms with Gasteiger partial charge in [0.25, 0.3) is 0 Å². The summed E-state index contributed by atoms with van der Waals surface area (Å²) in [6, 6.07) is 2.25. The summed E-state index contributed by atoms with van der Waals surface area (Å²) >= 11 is 0. The average molecular weight is 302 g/mol. The maximum Gasteiger partial charge on any atom is 0.139 e. The molecule has 0 radical (unpaired) electrons. The normalized spacial score (nSPS) is 37.4. The highest BCUT2D eigenvalue weighted by atomic mass is 16.5. The van der Waals surface area contributed by atoms with E-state index in [9.17, 15) is 10.1 Å². The van der Waals surface area contributed by atoms with Crippen LogP contribution in [0.2, 0.25) is 0 Å². The van der Waals surface area contributed by atoms with E-state index in [0.717, 1.165) is 12.0 Å². The third kappa shape index (κ3) is 2.44. The quantitative estimate of drug-likeness (QED) is 0.844. The van der Waals surface area contributed by atoms with Crippen LogP contribution in [0, 0.1) is 28.6 Å². The van der Waals surface area contributed by atoms with Crippen LogP contribution < -0.4 is 5.73 Å². The lowest BCUT2D eigenvalue weighted by molar-refractivity contribution is -0.163. The molecule has 0 unspecified atom stereocenters. The van der Waals surface area contributed by atoms with E-state index < -0.39 is 12.1 Å². The van der Waals surface area contributed by atoms with Gasteiger partial charge in [0.05, 0.1) is 30.2 Å². The molecule has 6 heteroatoms. The molecule has 2 fully saturated rings. The van der Waals surface area contributed by atoms with Gasteiger partial charge in [-0.15, -0.1) is 0 Å². The smallest absolute Gasteiger partial charge is 0.139 e. The van der Waals surface area contributed by atoms with Gasteiger partial charge in [0.2, 0.25) is 0 Å². The number of aryl methyl sites for hydroxylation is 1. The molecule has 3 rings (SSSR count). The SMILES string of the molecule is Cn1cc([C@@H]2[C@H](C#N)[C@H](N)O[C@H]3CC(C)(C)CC(=O)[C@H]23)cn1. The molecule has 2 aliphatic rings. The van der Waals surface area contributed by atoms with E-state index in [4.69, 9.17) is 10.5 Å². The second-order valence-corrected chi connectivity index (χ2v) is 7.30. The summed E-state index contributed by atoms with van der Waals surface area (Å²) in [7, 11) is 1.83. The van der Waals surface area contributed by atoms with Crippen molar-refractivity contribution in [3.05, 3.63) is 18.0 Å². The summed E-state index contributed by atoms with van der Waals surface area (Å²) < 4.78 is 7.56. The first-order chi connectivity index (χ1) is 10.3. The molecule has 22 heavy (non-hydrogen) atoms. The summed E-state index contributed by atoms with van der Waals surface area (Å²) in [6.45, 7) is 4.15. The van der Waals surface area contributed by atoms with E-state index in [2.05, 4.69) is 25.0 Å². The number of hydrogen-bond acceptors (Lipinski definition) is 5. The number of carbonyl (C=O) groups is 1. The topological polar surface area (TPSA) is 93.9 Å². The minimum atomic E-state index is -0.668. The molecular weight excluding hydrogens is 280 g/mol. The van der Waals surface area contributed by atoms with Gasteiger partial charge in [0.1, 0.15) is 12.0 Å². The van der Waals surface area contributed by atoms with Gasteiger partial charge in [0.15, 0.2) is 0 Å². The Labute approximate surface area is 130 Å². The second kappa shape index (κ2) is 5.18. The van der Waals surface area contributed by atoms with Crippen LogP contribution in [0.3, 0.4) is 0 Å². The lowest BCUT2D eigenvalue weighted by Crippen LogP contribution is -2.56. The molecule has 0 amide bonds. The lowest BCUT2D eigenvalue weighted by atomic mass is 9.62. The summed E-state index contributed by atoms with van der Waals surface area (Å²) in [5, 5.41) is 13.7.